The van der Waals surface area contributed by atoms with Crippen molar-refractivity contribution in [2.45, 2.75) is 51.2 Å². The largest absolute Gasteiger partial charge is 0.352 e. The molecule has 2 rings (SSSR count). The molecular weight excluding hydrogens is 384 g/mol. The summed E-state index contributed by atoms with van der Waals surface area (Å²) in [4.78, 5) is 4.57. The molecule has 2 aromatic rings. The van der Waals surface area contributed by atoms with Gasteiger partial charge >= 0.3 is 0 Å². The lowest BCUT2D eigenvalue weighted by molar-refractivity contribution is 0.410. The van der Waals surface area contributed by atoms with E-state index in [0.717, 1.165) is 12.0 Å². The number of aryl methyl sites for hydroxylation is 1. The number of nitrogens with zero attached hydrogens (tertiary/aromatic N) is 2. The fourth-order valence-electron chi connectivity index (χ4n) is 2.88. The molecule has 0 spiro atoms. The number of benzene rings is 2. The van der Waals surface area contributed by atoms with Crippen molar-refractivity contribution in [3.05, 3.63) is 65.2 Å². The number of nitrogens with one attached hydrogen (secondary N) is 2. The zero-order chi connectivity index (χ0) is 21.4. The predicted molar refractivity (Wildman–Crippen MR) is 119 cm³/mol. The first-order chi connectivity index (χ1) is 13.8. The number of hydrogen-bond donors (Lipinski definition) is 2. The van der Waals surface area contributed by atoms with Crippen LogP contribution in [-0.2, 0) is 29.5 Å². The maximum atomic E-state index is 12.6. The first kappa shape index (κ1) is 22.9. The Morgan fingerprint density at radius 1 is 1.00 bits per heavy atom. The van der Waals surface area contributed by atoms with Crippen LogP contribution in [0, 0.1) is 0 Å². The SMILES string of the molecule is CCc1ccccc1CNC(=NC)NCc1ccc(S(=O)(=O)N(C)C(C)C)cc1. The van der Waals surface area contributed by atoms with E-state index in [4.69, 9.17) is 0 Å². The molecule has 7 heteroatoms. The maximum absolute atomic E-state index is 12.6. The molecule has 0 atom stereocenters. The molecule has 0 saturated carbocycles. The minimum atomic E-state index is -3.46. The van der Waals surface area contributed by atoms with Gasteiger partial charge in [-0.2, -0.15) is 4.31 Å². The van der Waals surface area contributed by atoms with Crippen LogP contribution in [-0.4, -0.2) is 38.8 Å². The van der Waals surface area contributed by atoms with Crippen LogP contribution in [0.4, 0.5) is 0 Å². The van der Waals surface area contributed by atoms with E-state index >= 15 is 0 Å². The molecule has 0 fully saturated rings. The van der Waals surface area contributed by atoms with E-state index in [2.05, 4.69) is 40.7 Å². The van der Waals surface area contributed by atoms with Crippen molar-refractivity contribution in [2.75, 3.05) is 14.1 Å². The second-order valence-corrected chi connectivity index (χ2v) is 9.16. The van der Waals surface area contributed by atoms with Crippen molar-refractivity contribution in [1.29, 1.82) is 0 Å². The minimum Gasteiger partial charge on any atom is -0.352 e. The monoisotopic (exact) mass is 416 g/mol. The highest BCUT2D eigenvalue weighted by Gasteiger charge is 2.22. The molecule has 0 unspecified atom stereocenters. The van der Waals surface area contributed by atoms with Gasteiger partial charge in [-0.05, 0) is 49.1 Å². The number of hydrogen-bond acceptors (Lipinski definition) is 3. The van der Waals surface area contributed by atoms with Crippen LogP contribution in [0.5, 0.6) is 0 Å². The summed E-state index contributed by atoms with van der Waals surface area (Å²) in [6.45, 7) is 7.10. The second-order valence-electron chi connectivity index (χ2n) is 7.16. The van der Waals surface area contributed by atoms with Gasteiger partial charge in [0.15, 0.2) is 5.96 Å². The van der Waals surface area contributed by atoms with Gasteiger partial charge in [0, 0.05) is 33.2 Å². The quantitative estimate of drug-likeness (QED) is 0.512. The third kappa shape index (κ3) is 6.05. The van der Waals surface area contributed by atoms with Gasteiger partial charge in [-0.15, -0.1) is 0 Å². The molecule has 0 aliphatic heterocycles. The molecule has 0 aliphatic rings. The van der Waals surface area contributed by atoms with Crippen LogP contribution in [0.3, 0.4) is 0 Å². The number of rotatable bonds is 8. The van der Waals surface area contributed by atoms with Gasteiger partial charge in [0.1, 0.15) is 0 Å². The molecule has 0 aliphatic carbocycles. The van der Waals surface area contributed by atoms with Gasteiger partial charge in [-0.1, -0.05) is 43.3 Å². The van der Waals surface area contributed by atoms with Crippen LogP contribution in [0.25, 0.3) is 0 Å². The summed E-state index contributed by atoms with van der Waals surface area (Å²) in [5.41, 5.74) is 3.55. The van der Waals surface area contributed by atoms with E-state index in [9.17, 15) is 8.42 Å². The maximum Gasteiger partial charge on any atom is 0.243 e. The molecule has 0 bridgehead atoms. The van der Waals surface area contributed by atoms with Gasteiger partial charge in [-0.3, -0.25) is 4.99 Å². The molecular formula is C22H32N4O2S. The molecule has 2 aromatic carbocycles. The minimum absolute atomic E-state index is 0.0893. The van der Waals surface area contributed by atoms with E-state index in [0.29, 0.717) is 23.9 Å². The number of aliphatic imine (C=N–C) groups is 1. The van der Waals surface area contributed by atoms with Crippen molar-refractivity contribution in [1.82, 2.24) is 14.9 Å². The zero-order valence-corrected chi connectivity index (χ0v) is 18.8. The Hall–Kier alpha value is -2.38. The molecule has 158 valence electrons. The molecule has 2 N–H and O–H groups in total. The number of sulfonamides is 1. The highest BCUT2D eigenvalue weighted by atomic mass is 32.2. The Morgan fingerprint density at radius 2 is 1.59 bits per heavy atom. The third-order valence-corrected chi connectivity index (χ3v) is 7.00. The van der Waals surface area contributed by atoms with Crippen molar-refractivity contribution < 1.29 is 8.42 Å². The third-order valence-electron chi connectivity index (χ3n) is 4.96. The first-order valence-electron chi connectivity index (χ1n) is 9.87. The average Bonchev–Trinajstić information content (AvgIpc) is 2.73. The van der Waals surface area contributed by atoms with E-state index in [1.165, 1.54) is 15.4 Å². The smallest absolute Gasteiger partial charge is 0.243 e. The Morgan fingerprint density at radius 3 is 2.14 bits per heavy atom. The normalized spacial score (nSPS) is 12.4. The molecule has 0 aromatic heterocycles. The lowest BCUT2D eigenvalue weighted by Gasteiger charge is -2.21. The highest BCUT2D eigenvalue weighted by molar-refractivity contribution is 7.89. The van der Waals surface area contributed by atoms with Crippen molar-refractivity contribution >= 4 is 16.0 Å². The van der Waals surface area contributed by atoms with E-state index in [1.807, 2.05) is 32.0 Å². The van der Waals surface area contributed by atoms with Crippen LogP contribution < -0.4 is 10.6 Å². The van der Waals surface area contributed by atoms with Gasteiger partial charge in [-0.25, -0.2) is 8.42 Å². The molecule has 6 nitrogen and oxygen atoms in total. The fraction of sp³-hybridized carbons (Fsp3) is 0.409. The molecule has 29 heavy (non-hydrogen) atoms. The summed E-state index contributed by atoms with van der Waals surface area (Å²) < 4.78 is 26.5. The zero-order valence-electron chi connectivity index (χ0n) is 17.9. The summed E-state index contributed by atoms with van der Waals surface area (Å²) in [5, 5.41) is 6.60. The van der Waals surface area contributed by atoms with Gasteiger partial charge in [0.2, 0.25) is 10.0 Å². The Kier molecular flexibility index (Phi) is 8.22. The first-order valence-corrected chi connectivity index (χ1v) is 11.3. The van der Waals surface area contributed by atoms with Gasteiger partial charge in [0.05, 0.1) is 4.90 Å². The molecule has 0 radical (unpaired) electrons. The van der Waals surface area contributed by atoms with Crippen LogP contribution in [0.15, 0.2) is 58.4 Å². The standard InChI is InChI=1S/C22H32N4O2S/c1-6-19-9-7-8-10-20(19)16-25-22(23-4)24-15-18-11-13-21(14-12-18)29(27,28)26(5)17(2)3/h7-14,17H,6,15-16H2,1-5H3,(H2,23,24,25). The van der Waals surface area contributed by atoms with Crippen molar-refractivity contribution in [3.8, 4) is 0 Å². The Bertz CT molecular complexity index is 922. The van der Waals surface area contributed by atoms with E-state index in [-0.39, 0.29) is 6.04 Å². The van der Waals surface area contributed by atoms with Crippen LogP contribution in [0.2, 0.25) is 0 Å². The highest BCUT2D eigenvalue weighted by Crippen LogP contribution is 2.17. The molecule has 0 saturated heterocycles. The lowest BCUT2D eigenvalue weighted by Crippen LogP contribution is -2.36. The summed E-state index contributed by atoms with van der Waals surface area (Å²) >= 11 is 0. The predicted octanol–water partition coefficient (Wildman–Crippen LogP) is 3.14. The second kappa shape index (κ2) is 10.4. The summed E-state index contributed by atoms with van der Waals surface area (Å²) in [7, 11) is -0.126. The topological polar surface area (TPSA) is 73.8 Å². The molecule has 0 amide bonds. The molecule has 0 heterocycles. The van der Waals surface area contributed by atoms with Gasteiger partial charge < -0.3 is 10.6 Å². The van der Waals surface area contributed by atoms with E-state index in [1.54, 1.807) is 26.2 Å². The lowest BCUT2D eigenvalue weighted by atomic mass is 10.1. The van der Waals surface area contributed by atoms with Gasteiger partial charge in [0.25, 0.3) is 0 Å². The van der Waals surface area contributed by atoms with Crippen LogP contribution in [0.1, 0.15) is 37.5 Å². The van der Waals surface area contributed by atoms with Crippen molar-refractivity contribution in [3.63, 3.8) is 0 Å². The fourth-order valence-corrected chi connectivity index (χ4v) is 4.25. The van der Waals surface area contributed by atoms with Crippen LogP contribution >= 0.6 is 0 Å². The summed E-state index contributed by atoms with van der Waals surface area (Å²) in [5.74, 6) is 0.701. The average molecular weight is 417 g/mol. The number of guanidine groups is 1. The Balaban J connectivity index is 1.96. The summed E-state index contributed by atoms with van der Waals surface area (Å²) in [6.07, 6.45) is 0.991. The summed E-state index contributed by atoms with van der Waals surface area (Å²) in [6, 6.07) is 15.2. The van der Waals surface area contributed by atoms with Crippen molar-refractivity contribution in [2.24, 2.45) is 4.99 Å². The Labute approximate surface area is 175 Å². The van der Waals surface area contributed by atoms with E-state index < -0.39 is 10.0 Å².